The zero-order valence-electron chi connectivity index (χ0n) is 9.66. The summed E-state index contributed by atoms with van der Waals surface area (Å²) in [5.74, 6) is 0.296. The van der Waals surface area contributed by atoms with E-state index in [-0.39, 0.29) is 6.10 Å². The lowest BCUT2D eigenvalue weighted by Gasteiger charge is -2.16. The number of amides is 1. The van der Waals surface area contributed by atoms with Crippen LogP contribution in [0.25, 0.3) is 0 Å². The summed E-state index contributed by atoms with van der Waals surface area (Å²) in [6.45, 7) is 5.86. The third kappa shape index (κ3) is 4.11. The molecule has 0 aliphatic heterocycles. The van der Waals surface area contributed by atoms with E-state index in [1.54, 1.807) is 24.3 Å². The molecular weight excluding hydrogens is 226 g/mol. The van der Waals surface area contributed by atoms with Crippen molar-refractivity contribution in [3.05, 3.63) is 29.3 Å². The van der Waals surface area contributed by atoms with Crippen LogP contribution in [0.15, 0.2) is 24.3 Å². The van der Waals surface area contributed by atoms with Crippen LogP contribution in [-0.2, 0) is 4.74 Å². The maximum Gasteiger partial charge on any atom is 0.411 e. The zero-order chi connectivity index (χ0) is 12.1. The molecule has 0 aromatic heterocycles. The lowest BCUT2D eigenvalue weighted by molar-refractivity contribution is 0.0940. The first kappa shape index (κ1) is 12.8. The van der Waals surface area contributed by atoms with Crippen LogP contribution in [0.1, 0.15) is 20.8 Å². The highest BCUT2D eigenvalue weighted by atomic mass is 35.5. The lowest BCUT2D eigenvalue weighted by Crippen LogP contribution is -2.23. The third-order valence-corrected chi connectivity index (χ3v) is 2.54. The fourth-order valence-electron chi connectivity index (χ4n) is 1.02. The SMILES string of the molecule is CC(C)C(C)OC(=O)Nc1cccc(Cl)c1. The molecular formula is C12H16ClNO2. The molecule has 1 atom stereocenters. The summed E-state index contributed by atoms with van der Waals surface area (Å²) in [6, 6.07) is 6.94. The quantitative estimate of drug-likeness (QED) is 0.871. The van der Waals surface area contributed by atoms with Crippen molar-refractivity contribution < 1.29 is 9.53 Å². The maximum atomic E-state index is 11.5. The Labute approximate surface area is 101 Å². The molecule has 4 heteroatoms. The minimum Gasteiger partial charge on any atom is -0.446 e. The Balaban J connectivity index is 2.52. The molecule has 0 spiro atoms. The normalized spacial score (nSPS) is 12.3. The van der Waals surface area contributed by atoms with Crippen LogP contribution in [0.2, 0.25) is 5.02 Å². The topological polar surface area (TPSA) is 38.3 Å². The van der Waals surface area contributed by atoms with Crippen LogP contribution < -0.4 is 5.32 Å². The first-order chi connectivity index (χ1) is 7.49. The fraction of sp³-hybridized carbons (Fsp3) is 0.417. The predicted octanol–water partition coefficient (Wildman–Crippen LogP) is 3.93. The molecule has 0 bridgehead atoms. The Bertz CT molecular complexity index is 366. The number of hydrogen-bond acceptors (Lipinski definition) is 2. The number of carbonyl (C=O) groups is 1. The lowest BCUT2D eigenvalue weighted by atomic mass is 10.1. The molecule has 88 valence electrons. The van der Waals surface area contributed by atoms with Gasteiger partial charge in [-0.05, 0) is 31.0 Å². The molecule has 0 aliphatic carbocycles. The van der Waals surface area contributed by atoms with Crippen molar-refractivity contribution in [3.63, 3.8) is 0 Å². The van der Waals surface area contributed by atoms with Crippen molar-refractivity contribution in [2.45, 2.75) is 26.9 Å². The minimum atomic E-state index is -0.455. The van der Waals surface area contributed by atoms with E-state index in [0.717, 1.165) is 0 Å². The van der Waals surface area contributed by atoms with Crippen molar-refractivity contribution >= 4 is 23.4 Å². The Hall–Kier alpha value is -1.22. The zero-order valence-corrected chi connectivity index (χ0v) is 10.4. The predicted molar refractivity (Wildman–Crippen MR) is 65.9 cm³/mol. The molecule has 1 N–H and O–H groups in total. The molecule has 0 fully saturated rings. The van der Waals surface area contributed by atoms with Gasteiger partial charge < -0.3 is 4.74 Å². The third-order valence-electron chi connectivity index (χ3n) is 2.30. The molecule has 0 radical (unpaired) electrons. The Kier molecular flexibility index (Phi) is 4.62. The molecule has 1 rings (SSSR count). The summed E-state index contributed by atoms with van der Waals surface area (Å²) >= 11 is 5.79. The molecule has 1 aromatic carbocycles. The second-order valence-electron chi connectivity index (χ2n) is 3.99. The van der Waals surface area contributed by atoms with E-state index in [1.807, 2.05) is 20.8 Å². The number of hydrogen-bond donors (Lipinski definition) is 1. The average Bonchev–Trinajstić information content (AvgIpc) is 2.16. The van der Waals surface area contributed by atoms with Crippen molar-refractivity contribution in [2.24, 2.45) is 5.92 Å². The Morgan fingerprint density at radius 3 is 2.62 bits per heavy atom. The largest absolute Gasteiger partial charge is 0.446 e. The van der Waals surface area contributed by atoms with E-state index in [4.69, 9.17) is 16.3 Å². The van der Waals surface area contributed by atoms with Crippen molar-refractivity contribution in [3.8, 4) is 0 Å². The Morgan fingerprint density at radius 2 is 2.06 bits per heavy atom. The van der Waals surface area contributed by atoms with Crippen LogP contribution >= 0.6 is 11.6 Å². The van der Waals surface area contributed by atoms with Gasteiger partial charge in [-0.2, -0.15) is 0 Å². The molecule has 16 heavy (non-hydrogen) atoms. The van der Waals surface area contributed by atoms with Gasteiger partial charge in [0.2, 0.25) is 0 Å². The van der Waals surface area contributed by atoms with Crippen molar-refractivity contribution in [1.82, 2.24) is 0 Å². The number of halogens is 1. The molecule has 1 aromatic rings. The second-order valence-corrected chi connectivity index (χ2v) is 4.43. The van der Waals surface area contributed by atoms with E-state index in [1.165, 1.54) is 0 Å². The molecule has 3 nitrogen and oxygen atoms in total. The van der Waals surface area contributed by atoms with Crippen LogP contribution in [0.3, 0.4) is 0 Å². The second kappa shape index (κ2) is 5.75. The van der Waals surface area contributed by atoms with E-state index in [9.17, 15) is 4.79 Å². The number of anilines is 1. The summed E-state index contributed by atoms with van der Waals surface area (Å²) < 4.78 is 5.16. The van der Waals surface area contributed by atoms with Crippen LogP contribution in [-0.4, -0.2) is 12.2 Å². The summed E-state index contributed by atoms with van der Waals surface area (Å²) in [5, 5.41) is 3.20. The molecule has 1 amide bonds. The first-order valence-corrected chi connectivity index (χ1v) is 5.60. The number of ether oxygens (including phenoxy) is 1. The van der Waals surface area contributed by atoms with Gasteiger partial charge >= 0.3 is 6.09 Å². The van der Waals surface area contributed by atoms with Gasteiger partial charge in [-0.1, -0.05) is 31.5 Å². The highest BCUT2D eigenvalue weighted by molar-refractivity contribution is 6.30. The van der Waals surface area contributed by atoms with Gasteiger partial charge in [-0.25, -0.2) is 4.79 Å². The Morgan fingerprint density at radius 1 is 1.38 bits per heavy atom. The van der Waals surface area contributed by atoms with Crippen molar-refractivity contribution in [1.29, 1.82) is 0 Å². The van der Waals surface area contributed by atoms with Gasteiger partial charge in [-0.3, -0.25) is 5.32 Å². The summed E-state index contributed by atoms with van der Waals surface area (Å²) in [7, 11) is 0. The first-order valence-electron chi connectivity index (χ1n) is 5.22. The van der Waals surface area contributed by atoms with E-state index in [2.05, 4.69) is 5.32 Å². The molecule has 0 saturated heterocycles. The summed E-state index contributed by atoms with van der Waals surface area (Å²) in [5.41, 5.74) is 0.633. The number of carbonyl (C=O) groups excluding carboxylic acids is 1. The van der Waals surface area contributed by atoms with Gasteiger partial charge in [0.15, 0.2) is 0 Å². The monoisotopic (exact) mass is 241 g/mol. The number of nitrogens with one attached hydrogen (secondary N) is 1. The van der Waals surface area contributed by atoms with Crippen LogP contribution in [0.5, 0.6) is 0 Å². The molecule has 0 saturated carbocycles. The van der Waals surface area contributed by atoms with Crippen LogP contribution in [0.4, 0.5) is 10.5 Å². The van der Waals surface area contributed by atoms with Gasteiger partial charge in [0, 0.05) is 10.7 Å². The minimum absolute atomic E-state index is 0.112. The number of rotatable bonds is 3. The molecule has 1 unspecified atom stereocenters. The van der Waals surface area contributed by atoms with E-state index in [0.29, 0.717) is 16.6 Å². The standard InChI is InChI=1S/C12H16ClNO2/c1-8(2)9(3)16-12(15)14-11-6-4-5-10(13)7-11/h4-9H,1-3H3,(H,14,15). The highest BCUT2D eigenvalue weighted by Gasteiger charge is 2.12. The van der Waals surface area contributed by atoms with E-state index < -0.39 is 6.09 Å². The van der Waals surface area contributed by atoms with Crippen LogP contribution in [0, 0.1) is 5.92 Å². The van der Waals surface area contributed by atoms with Gasteiger partial charge in [0.25, 0.3) is 0 Å². The maximum absolute atomic E-state index is 11.5. The smallest absolute Gasteiger partial charge is 0.411 e. The molecule has 0 heterocycles. The van der Waals surface area contributed by atoms with E-state index >= 15 is 0 Å². The van der Waals surface area contributed by atoms with Crippen molar-refractivity contribution in [2.75, 3.05) is 5.32 Å². The van der Waals surface area contributed by atoms with Gasteiger partial charge in [0.1, 0.15) is 6.10 Å². The summed E-state index contributed by atoms with van der Waals surface area (Å²) in [4.78, 5) is 11.5. The fourth-order valence-corrected chi connectivity index (χ4v) is 1.21. The molecule has 0 aliphatic rings. The highest BCUT2D eigenvalue weighted by Crippen LogP contribution is 2.15. The summed E-state index contributed by atoms with van der Waals surface area (Å²) in [6.07, 6.45) is -0.567. The average molecular weight is 242 g/mol. The number of benzene rings is 1. The van der Waals surface area contributed by atoms with Gasteiger partial charge in [0.05, 0.1) is 0 Å². The van der Waals surface area contributed by atoms with Gasteiger partial charge in [-0.15, -0.1) is 0 Å².